The van der Waals surface area contributed by atoms with Crippen molar-refractivity contribution >= 4 is 12.2 Å². The van der Waals surface area contributed by atoms with Crippen LogP contribution in [0.25, 0.3) is 0 Å². The monoisotopic (exact) mass is 453 g/mol. The van der Waals surface area contributed by atoms with E-state index in [9.17, 15) is 9.59 Å². The summed E-state index contributed by atoms with van der Waals surface area (Å²) in [6, 6.07) is 0.450. The molecule has 2 aliphatic rings. The summed E-state index contributed by atoms with van der Waals surface area (Å²) in [6.45, 7) is 16.8. The number of carbonyl (C=O) groups is 2. The van der Waals surface area contributed by atoms with E-state index < -0.39 is 11.2 Å². The first-order chi connectivity index (χ1) is 14.7. The van der Waals surface area contributed by atoms with Crippen molar-refractivity contribution in [2.24, 2.45) is 17.8 Å². The molecule has 0 aromatic carbocycles. The number of likely N-dealkylation sites (tertiary alicyclic amines) is 2. The van der Waals surface area contributed by atoms with E-state index in [0.29, 0.717) is 23.8 Å². The van der Waals surface area contributed by atoms with Crippen molar-refractivity contribution in [3.8, 4) is 0 Å². The Morgan fingerprint density at radius 3 is 1.31 bits per heavy atom. The van der Waals surface area contributed by atoms with E-state index >= 15 is 0 Å². The topological polar surface area (TPSA) is 62.3 Å². The van der Waals surface area contributed by atoms with Crippen molar-refractivity contribution in [3.63, 3.8) is 0 Å². The largest absolute Gasteiger partial charge is 0.444 e. The second kappa shape index (κ2) is 10.6. The molecule has 0 aromatic rings. The summed E-state index contributed by atoms with van der Waals surface area (Å²) in [5.41, 5.74) is -0.921. The predicted molar refractivity (Wildman–Crippen MR) is 128 cm³/mol. The van der Waals surface area contributed by atoms with Crippen molar-refractivity contribution in [1.82, 2.24) is 14.7 Å². The van der Waals surface area contributed by atoms with E-state index in [-0.39, 0.29) is 12.2 Å². The smallest absolute Gasteiger partial charge is 0.410 e. The third-order valence-electron chi connectivity index (χ3n) is 6.84. The molecular weight excluding hydrogens is 406 g/mol. The molecule has 1 atom stereocenters. The maximum atomic E-state index is 12.5. The van der Waals surface area contributed by atoms with Crippen molar-refractivity contribution in [1.29, 1.82) is 0 Å². The highest BCUT2D eigenvalue weighted by Gasteiger charge is 2.40. The van der Waals surface area contributed by atoms with Crippen LogP contribution in [0.4, 0.5) is 9.59 Å². The highest BCUT2D eigenvalue weighted by atomic mass is 16.6. The normalized spacial score (nSPS) is 20.6. The Balaban J connectivity index is 1.99. The first-order valence-electron chi connectivity index (χ1n) is 12.3. The lowest BCUT2D eigenvalue weighted by molar-refractivity contribution is -0.00251. The van der Waals surface area contributed by atoms with Crippen LogP contribution in [0.2, 0.25) is 0 Å². The molecule has 7 heteroatoms. The van der Waals surface area contributed by atoms with Gasteiger partial charge in [0.25, 0.3) is 0 Å². The Bertz CT molecular complexity index is 574. The highest BCUT2D eigenvalue weighted by molar-refractivity contribution is 5.68. The fourth-order valence-corrected chi connectivity index (χ4v) is 5.10. The minimum absolute atomic E-state index is 0.196. The van der Waals surface area contributed by atoms with Gasteiger partial charge < -0.3 is 24.2 Å². The van der Waals surface area contributed by atoms with Crippen LogP contribution in [-0.2, 0) is 9.47 Å². The van der Waals surface area contributed by atoms with Crippen LogP contribution in [0.3, 0.4) is 0 Å². The highest BCUT2D eigenvalue weighted by Crippen LogP contribution is 2.39. The molecule has 2 rings (SSSR count). The minimum Gasteiger partial charge on any atom is -0.444 e. The van der Waals surface area contributed by atoms with Gasteiger partial charge in [-0.05, 0) is 106 Å². The minimum atomic E-state index is -0.460. The summed E-state index contributed by atoms with van der Waals surface area (Å²) >= 11 is 0. The van der Waals surface area contributed by atoms with Crippen molar-refractivity contribution in [2.75, 3.05) is 40.3 Å². The van der Waals surface area contributed by atoms with Gasteiger partial charge in [0.1, 0.15) is 11.2 Å². The molecule has 2 amide bonds. The van der Waals surface area contributed by atoms with Gasteiger partial charge in [-0.15, -0.1) is 0 Å². The average Bonchev–Trinajstić information content (AvgIpc) is 2.66. The summed E-state index contributed by atoms with van der Waals surface area (Å²) in [4.78, 5) is 31.0. The lowest BCUT2D eigenvalue weighted by Crippen LogP contribution is -2.50. The van der Waals surface area contributed by atoms with Crippen LogP contribution in [0.1, 0.15) is 74.1 Å². The van der Waals surface area contributed by atoms with Gasteiger partial charge in [0.2, 0.25) is 0 Å². The van der Waals surface area contributed by atoms with E-state index in [1.807, 2.05) is 51.3 Å². The van der Waals surface area contributed by atoms with Gasteiger partial charge in [-0.25, -0.2) is 9.59 Å². The molecular formula is C25H47N3O4. The van der Waals surface area contributed by atoms with E-state index in [1.54, 1.807) is 0 Å². The third-order valence-corrected chi connectivity index (χ3v) is 6.84. The van der Waals surface area contributed by atoms with E-state index in [0.717, 1.165) is 51.9 Å². The van der Waals surface area contributed by atoms with Gasteiger partial charge in [0.05, 0.1) is 0 Å². The second-order valence-corrected chi connectivity index (χ2v) is 11.9. The number of rotatable bonds is 4. The van der Waals surface area contributed by atoms with Gasteiger partial charge >= 0.3 is 12.2 Å². The molecule has 0 radical (unpaired) electrons. The first kappa shape index (κ1) is 26.7. The number of nitrogens with zero attached hydrogens (tertiary/aromatic N) is 3. The van der Waals surface area contributed by atoms with Crippen LogP contribution in [0.15, 0.2) is 0 Å². The molecule has 32 heavy (non-hydrogen) atoms. The molecule has 2 fully saturated rings. The standard InChI is InChI=1S/C25H47N3O4/c1-18(26(8)9)21(19-10-14-27(15-11-19)22(29)31-24(2,3)4)20-12-16-28(17-13-20)23(30)32-25(5,6)7/h18-21H,10-17H2,1-9H3. The molecule has 0 saturated carbocycles. The number of piperidine rings is 2. The number of carbonyl (C=O) groups excluding carboxylic acids is 2. The van der Waals surface area contributed by atoms with Crippen molar-refractivity contribution < 1.29 is 19.1 Å². The molecule has 0 aliphatic carbocycles. The SMILES string of the molecule is CC(C(C1CCN(C(=O)OC(C)(C)C)CC1)C1CCN(C(=O)OC(C)(C)C)CC1)N(C)C. The molecule has 1 unspecified atom stereocenters. The summed E-state index contributed by atoms with van der Waals surface area (Å²) in [5.74, 6) is 1.69. The Hall–Kier alpha value is -1.50. The van der Waals surface area contributed by atoms with Gasteiger partial charge in [-0.1, -0.05) is 0 Å². The molecule has 0 N–H and O–H groups in total. The number of hydrogen-bond donors (Lipinski definition) is 0. The zero-order valence-corrected chi connectivity index (χ0v) is 21.9. The first-order valence-corrected chi connectivity index (χ1v) is 12.3. The van der Waals surface area contributed by atoms with Crippen LogP contribution in [-0.4, -0.2) is 84.4 Å². The number of ether oxygens (including phenoxy) is 2. The fourth-order valence-electron chi connectivity index (χ4n) is 5.10. The molecule has 0 spiro atoms. The lowest BCUT2D eigenvalue weighted by Gasteiger charge is -2.46. The Kier molecular flexibility index (Phi) is 8.88. The van der Waals surface area contributed by atoms with E-state index in [1.165, 1.54) is 0 Å². The second-order valence-electron chi connectivity index (χ2n) is 11.9. The zero-order valence-electron chi connectivity index (χ0n) is 21.9. The van der Waals surface area contributed by atoms with E-state index in [4.69, 9.17) is 9.47 Å². The molecule has 2 heterocycles. The maximum absolute atomic E-state index is 12.5. The van der Waals surface area contributed by atoms with Gasteiger partial charge in [0, 0.05) is 32.2 Å². The quantitative estimate of drug-likeness (QED) is 0.609. The van der Waals surface area contributed by atoms with Gasteiger partial charge in [-0.2, -0.15) is 0 Å². The van der Waals surface area contributed by atoms with Crippen molar-refractivity contribution in [2.45, 2.75) is 91.4 Å². The van der Waals surface area contributed by atoms with E-state index in [2.05, 4.69) is 25.9 Å². The number of amides is 2. The lowest BCUT2D eigenvalue weighted by atomic mass is 9.69. The summed E-state index contributed by atoms with van der Waals surface area (Å²) in [7, 11) is 4.31. The molecule has 186 valence electrons. The summed E-state index contributed by atoms with van der Waals surface area (Å²) in [5, 5.41) is 0. The summed E-state index contributed by atoms with van der Waals surface area (Å²) < 4.78 is 11.1. The van der Waals surface area contributed by atoms with Crippen LogP contribution in [0, 0.1) is 17.8 Å². The van der Waals surface area contributed by atoms with Crippen LogP contribution in [0.5, 0.6) is 0 Å². The van der Waals surface area contributed by atoms with Crippen LogP contribution < -0.4 is 0 Å². The summed E-state index contributed by atoms with van der Waals surface area (Å²) in [6.07, 6.45) is 3.64. The third kappa shape index (κ3) is 7.82. The van der Waals surface area contributed by atoms with Gasteiger partial charge in [0.15, 0.2) is 0 Å². The Labute approximate surface area is 195 Å². The maximum Gasteiger partial charge on any atom is 0.410 e. The molecule has 2 saturated heterocycles. The Morgan fingerprint density at radius 2 is 1.06 bits per heavy atom. The molecule has 0 aromatic heterocycles. The molecule has 0 bridgehead atoms. The molecule has 2 aliphatic heterocycles. The van der Waals surface area contributed by atoms with Crippen LogP contribution >= 0.6 is 0 Å². The number of hydrogen-bond acceptors (Lipinski definition) is 5. The van der Waals surface area contributed by atoms with Gasteiger partial charge in [-0.3, -0.25) is 0 Å². The van der Waals surface area contributed by atoms with Crippen molar-refractivity contribution in [3.05, 3.63) is 0 Å². The zero-order chi connectivity index (χ0) is 24.3. The Morgan fingerprint density at radius 1 is 0.750 bits per heavy atom. The fraction of sp³-hybridized carbons (Fsp3) is 0.920. The predicted octanol–water partition coefficient (Wildman–Crippen LogP) is 4.85. The molecule has 7 nitrogen and oxygen atoms in total. The average molecular weight is 454 g/mol.